The van der Waals surface area contributed by atoms with Gasteiger partial charge in [0.25, 0.3) is 0 Å². The van der Waals surface area contributed by atoms with Gasteiger partial charge in [-0.1, -0.05) is 31.2 Å². The van der Waals surface area contributed by atoms with Crippen LogP contribution in [0.15, 0.2) is 24.3 Å². The molecule has 1 unspecified atom stereocenters. The number of allylic oxidation sites excluding steroid dienone is 2. The van der Waals surface area contributed by atoms with Crippen LogP contribution in [0.25, 0.3) is 5.57 Å². The minimum Gasteiger partial charge on any atom is -0.302 e. The average molecular weight is 243 g/mol. The Balaban J connectivity index is 2.56. The Kier molecular flexibility index (Phi) is 4.23. The number of nitrogens with zero attached hydrogens (tertiary/aromatic N) is 1. The quantitative estimate of drug-likeness (QED) is 0.758. The molecule has 0 amide bonds. The normalized spacial score (nSPS) is 20.1. The summed E-state index contributed by atoms with van der Waals surface area (Å²) in [6, 6.07) is 7.44. The Morgan fingerprint density at radius 3 is 2.78 bits per heavy atom. The van der Waals surface area contributed by atoms with Gasteiger partial charge in [-0.15, -0.1) is 0 Å². The lowest BCUT2D eigenvalue weighted by molar-refractivity contribution is 0.268. The van der Waals surface area contributed by atoms with Gasteiger partial charge in [-0.25, -0.2) is 0 Å². The van der Waals surface area contributed by atoms with Crippen LogP contribution in [0.4, 0.5) is 0 Å². The zero-order valence-corrected chi connectivity index (χ0v) is 12.2. The molecule has 1 aliphatic rings. The molecular weight excluding hydrogens is 218 g/mol. The van der Waals surface area contributed by atoms with Crippen LogP contribution in [0.3, 0.4) is 0 Å². The Bertz CT molecular complexity index is 443. The Hall–Kier alpha value is -1.08. The smallest absolute Gasteiger partial charge is 0.0350 e. The number of hydrogen-bond acceptors (Lipinski definition) is 1. The first-order valence-corrected chi connectivity index (χ1v) is 7.12. The van der Waals surface area contributed by atoms with Crippen molar-refractivity contribution in [2.24, 2.45) is 0 Å². The molecule has 0 spiro atoms. The fraction of sp³-hybridized carbons (Fsp3) is 0.529. The van der Waals surface area contributed by atoms with Crippen LogP contribution in [0.2, 0.25) is 0 Å². The molecule has 0 fully saturated rings. The molecule has 2 rings (SSSR count). The fourth-order valence-corrected chi connectivity index (χ4v) is 3.20. The summed E-state index contributed by atoms with van der Waals surface area (Å²) in [5.41, 5.74) is 6.12. The standard InChI is InChI=1S/C17H25N/c1-5-13(6-2)15-11-7-9-14-10-8-12-16(17(14)15)18(3)4/h5,7,9,11,16H,6,8,10,12H2,1-4H3. The lowest BCUT2D eigenvalue weighted by Crippen LogP contribution is -2.25. The fourth-order valence-electron chi connectivity index (χ4n) is 3.20. The third-order valence-corrected chi connectivity index (χ3v) is 4.15. The highest BCUT2D eigenvalue weighted by atomic mass is 15.1. The highest BCUT2D eigenvalue weighted by Crippen LogP contribution is 2.38. The van der Waals surface area contributed by atoms with E-state index < -0.39 is 0 Å². The maximum absolute atomic E-state index is 2.38. The van der Waals surface area contributed by atoms with Gasteiger partial charge < -0.3 is 4.90 Å². The summed E-state index contributed by atoms with van der Waals surface area (Å²) in [6.07, 6.45) is 7.24. The maximum atomic E-state index is 2.38. The molecule has 1 heteroatoms. The lowest BCUT2D eigenvalue weighted by atomic mass is 9.81. The number of benzene rings is 1. The van der Waals surface area contributed by atoms with E-state index in [1.165, 1.54) is 30.4 Å². The molecular formula is C17H25N. The number of aryl methyl sites for hydroxylation is 1. The molecule has 1 atom stereocenters. The zero-order valence-electron chi connectivity index (χ0n) is 12.2. The summed E-state index contributed by atoms with van der Waals surface area (Å²) in [5.74, 6) is 0. The van der Waals surface area contributed by atoms with Gasteiger partial charge in [-0.2, -0.15) is 0 Å². The van der Waals surface area contributed by atoms with Crippen molar-refractivity contribution >= 4 is 5.57 Å². The molecule has 0 saturated heterocycles. The van der Waals surface area contributed by atoms with Crippen LogP contribution in [0.5, 0.6) is 0 Å². The van der Waals surface area contributed by atoms with E-state index in [1.807, 2.05) is 0 Å². The maximum Gasteiger partial charge on any atom is 0.0350 e. The zero-order chi connectivity index (χ0) is 13.1. The van der Waals surface area contributed by atoms with Crippen molar-refractivity contribution in [3.63, 3.8) is 0 Å². The van der Waals surface area contributed by atoms with E-state index in [0.29, 0.717) is 6.04 Å². The predicted molar refractivity (Wildman–Crippen MR) is 79.8 cm³/mol. The largest absolute Gasteiger partial charge is 0.302 e. The minimum absolute atomic E-state index is 0.589. The summed E-state index contributed by atoms with van der Waals surface area (Å²) in [4.78, 5) is 2.38. The Labute approximate surface area is 112 Å². The van der Waals surface area contributed by atoms with Gasteiger partial charge in [-0.3, -0.25) is 0 Å². The van der Waals surface area contributed by atoms with E-state index in [-0.39, 0.29) is 0 Å². The van der Waals surface area contributed by atoms with E-state index in [1.54, 1.807) is 11.1 Å². The van der Waals surface area contributed by atoms with Gasteiger partial charge >= 0.3 is 0 Å². The molecule has 0 saturated carbocycles. The van der Waals surface area contributed by atoms with Crippen molar-refractivity contribution in [1.82, 2.24) is 4.90 Å². The Morgan fingerprint density at radius 1 is 1.39 bits per heavy atom. The molecule has 1 aromatic carbocycles. The van der Waals surface area contributed by atoms with Crippen molar-refractivity contribution in [1.29, 1.82) is 0 Å². The second kappa shape index (κ2) is 5.71. The van der Waals surface area contributed by atoms with E-state index in [0.717, 1.165) is 6.42 Å². The highest BCUT2D eigenvalue weighted by molar-refractivity contribution is 5.69. The molecule has 0 radical (unpaired) electrons. The SMILES string of the molecule is CC=C(CC)c1cccc2c1C(N(C)C)CCC2. The predicted octanol–water partition coefficient (Wildman–Crippen LogP) is 4.44. The summed E-state index contributed by atoms with van der Waals surface area (Å²) in [6.45, 7) is 4.41. The number of fused-ring (bicyclic) bond motifs is 1. The van der Waals surface area contributed by atoms with E-state index >= 15 is 0 Å². The van der Waals surface area contributed by atoms with E-state index in [4.69, 9.17) is 0 Å². The first-order chi connectivity index (χ1) is 8.69. The highest BCUT2D eigenvalue weighted by Gasteiger charge is 2.25. The van der Waals surface area contributed by atoms with Gasteiger partial charge in [0.2, 0.25) is 0 Å². The summed E-state index contributed by atoms with van der Waals surface area (Å²) >= 11 is 0. The molecule has 0 aliphatic heterocycles. The second-order valence-electron chi connectivity index (χ2n) is 5.42. The van der Waals surface area contributed by atoms with Gasteiger partial charge in [0, 0.05) is 6.04 Å². The van der Waals surface area contributed by atoms with Crippen molar-refractivity contribution in [2.45, 2.75) is 45.6 Å². The van der Waals surface area contributed by atoms with Gasteiger partial charge in [0.1, 0.15) is 0 Å². The summed E-state index contributed by atoms with van der Waals surface area (Å²) in [5, 5.41) is 0. The molecule has 1 aliphatic carbocycles. The van der Waals surface area contributed by atoms with E-state index in [9.17, 15) is 0 Å². The first-order valence-electron chi connectivity index (χ1n) is 7.12. The molecule has 0 N–H and O–H groups in total. The molecule has 0 aromatic heterocycles. The lowest BCUT2D eigenvalue weighted by Gasteiger charge is -2.33. The van der Waals surface area contributed by atoms with Gasteiger partial charge in [-0.05, 0) is 69.0 Å². The van der Waals surface area contributed by atoms with Crippen LogP contribution < -0.4 is 0 Å². The van der Waals surface area contributed by atoms with Crippen LogP contribution in [-0.2, 0) is 6.42 Å². The third kappa shape index (κ3) is 2.37. The average Bonchev–Trinajstić information content (AvgIpc) is 2.39. The molecule has 18 heavy (non-hydrogen) atoms. The number of hydrogen-bond donors (Lipinski definition) is 0. The first kappa shape index (κ1) is 13.4. The van der Waals surface area contributed by atoms with Crippen LogP contribution in [-0.4, -0.2) is 19.0 Å². The number of rotatable bonds is 3. The third-order valence-electron chi connectivity index (χ3n) is 4.15. The van der Waals surface area contributed by atoms with Crippen LogP contribution in [0.1, 0.15) is 55.8 Å². The van der Waals surface area contributed by atoms with Crippen LogP contribution >= 0.6 is 0 Å². The van der Waals surface area contributed by atoms with Gasteiger partial charge in [0.05, 0.1) is 0 Å². The summed E-state index contributed by atoms with van der Waals surface area (Å²) in [7, 11) is 4.41. The molecule has 0 heterocycles. The summed E-state index contributed by atoms with van der Waals surface area (Å²) < 4.78 is 0. The molecule has 1 aromatic rings. The van der Waals surface area contributed by atoms with Gasteiger partial charge in [0.15, 0.2) is 0 Å². The topological polar surface area (TPSA) is 3.24 Å². The van der Waals surface area contributed by atoms with Crippen molar-refractivity contribution in [3.8, 4) is 0 Å². The minimum atomic E-state index is 0.589. The molecule has 98 valence electrons. The van der Waals surface area contributed by atoms with Crippen molar-refractivity contribution < 1.29 is 0 Å². The van der Waals surface area contributed by atoms with Crippen LogP contribution in [0, 0.1) is 0 Å². The second-order valence-corrected chi connectivity index (χ2v) is 5.42. The monoisotopic (exact) mass is 243 g/mol. The van der Waals surface area contributed by atoms with E-state index in [2.05, 4.69) is 57.1 Å². The molecule has 0 bridgehead atoms. The Morgan fingerprint density at radius 2 is 2.17 bits per heavy atom. The van der Waals surface area contributed by atoms with Crippen molar-refractivity contribution in [3.05, 3.63) is 41.0 Å². The van der Waals surface area contributed by atoms with Crippen molar-refractivity contribution in [2.75, 3.05) is 14.1 Å². The molecule has 1 nitrogen and oxygen atoms in total.